The Labute approximate surface area is 126 Å². The molecular formula is C13H24N2O5S. The molecule has 7 nitrogen and oxygen atoms in total. The number of fused-ring (bicyclic) bond motifs is 1. The molecule has 1 saturated carbocycles. The lowest BCUT2D eigenvalue weighted by Crippen LogP contribution is -2.57. The quantitative estimate of drug-likeness (QED) is 0.684. The Morgan fingerprint density at radius 2 is 2.10 bits per heavy atom. The topological polar surface area (TPSA) is 76.2 Å². The Morgan fingerprint density at radius 1 is 1.38 bits per heavy atom. The Hall–Kier alpha value is -0.700. The lowest BCUT2D eigenvalue weighted by atomic mass is 9.91. The van der Waals surface area contributed by atoms with Crippen LogP contribution in [0.5, 0.6) is 0 Å². The van der Waals surface area contributed by atoms with E-state index in [4.69, 9.17) is 4.74 Å². The maximum atomic E-state index is 12.7. The van der Waals surface area contributed by atoms with Crippen molar-refractivity contribution in [1.82, 2.24) is 8.61 Å². The minimum atomic E-state index is -3.56. The Morgan fingerprint density at radius 3 is 2.81 bits per heavy atom. The van der Waals surface area contributed by atoms with E-state index in [2.05, 4.69) is 4.74 Å². The average Bonchev–Trinajstić information content (AvgIpc) is 2.51. The van der Waals surface area contributed by atoms with Crippen molar-refractivity contribution in [3.05, 3.63) is 0 Å². The first-order valence-corrected chi connectivity index (χ1v) is 8.78. The predicted molar refractivity (Wildman–Crippen MR) is 76.9 cm³/mol. The number of esters is 1. The van der Waals surface area contributed by atoms with E-state index >= 15 is 0 Å². The van der Waals surface area contributed by atoms with Gasteiger partial charge in [0.15, 0.2) is 0 Å². The second-order valence-electron chi connectivity index (χ2n) is 5.53. The molecule has 2 atom stereocenters. The molecule has 2 fully saturated rings. The molecule has 1 heterocycles. The predicted octanol–water partition coefficient (Wildman–Crippen LogP) is 0.370. The average molecular weight is 320 g/mol. The van der Waals surface area contributed by atoms with Gasteiger partial charge in [-0.2, -0.15) is 17.0 Å². The number of carbonyl (C=O) groups excluding carboxylic acids is 1. The third-order valence-corrected chi connectivity index (χ3v) is 6.25. The number of morpholine rings is 1. The maximum absolute atomic E-state index is 12.7. The van der Waals surface area contributed by atoms with Gasteiger partial charge in [0, 0.05) is 20.1 Å². The summed E-state index contributed by atoms with van der Waals surface area (Å²) in [6, 6.07) is -0.0712. The molecular weight excluding hydrogens is 296 g/mol. The van der Waals surface area contributed by atoms with Gasteiger partial charge in [-0.25, -0.2) is 0 Å². The lowest BCUT2D eigenvalue weighted by molar-refractivity contribution is -0.140. The molecule has 2 unspecified atom stereocenters. The molecule has 122 valence electrons. The molecule has 1 aliphatic heterocycles. The van der Waals surface area contributed by atoms with Crippen LogP contribution in [0.2, 0.25) is 0 Å². The Balaban J connectivity index is 2.04. The zero-order valence-corrected chi connectivity index (χ0v) is 13.5. The van der Waals surface area contributed by atoms with Crippen LogP contribution >= 0.6 is 0 Å². The number of hydrogen-bond donors (Lipinski definition) is 0. The Bertz CT molecular complexity index is 465. The number of hydrogen-bond acceptors (Lipinski definition) is 5. The van der Waals surface area contributed by atoms with Crippen molar-refractivity contribution in [3.63, 3.8) is 0 Å². The van der Waals surface area contributed by atoms with Gasteiger partial charge in [0.05, 0.1) is 32.3 Å². The van der Waals surface area contributed by atoms with Crippen molar-refractivity contribution in [2.75, 3.05) is 33.9 Å². The molecule has 0 aromatic rings. The van der Waals surface area contributed by atoms with Crippen molar-refractivity contribution in [2.24, 2.45) is 0 Å². The van der Waals surface area contributed by atoms with Crippen molar-refractivity contribution >= 4 is 16.2 Å². The number of carbonyl (C=O) groups is 1. The smallest absolute Gasteiger partial charge is 0.306 e. The summed E-state index contributed by atoms with van der Waals surface area (Å²) in [5, 5.41) is 0. The first kappa shape index (κ1) is 16.7. The third kappa shape index (κ3) is 3.74. The molecule has 0 aromatic carbocycles. The van der Waals surface area contributed by atoms with E-state index in [0.717, 1.165) is 25.7 Å². The van der Waals surface area contributed by atoms with Gasteiger partial charge in [-0.05, 0) is 12.8 Å². The third-order valence-electron chi connectivity index (χ3n) is 4.23. The van der Waals surface area contributed by atoms with E-state index in [-0.39, 0.29) is 25.1 Å². The molecule has 1 saturated heterocycles. The molecule has 0 aromatic heterocycles. The highest BCUT2D eigenvalue weighted by molar-refractivity contribution is 7.86. The van der Waals surface area contributed by atoms with E-state index in [0.29, 0.717) is 13.2 Å². The molecule has 0 bridgehead atoms. The van der Waals surface area contributed by atoms with Crippen LogP contribution in [0.3, 0.4) is 0 Å². The summed E-state index contributed by atoms with van der Waals surface area (Å²) in [7, 11) is -0.755. The van der Waals surface area contributed by atoms with E-state index < -0.39 is 16.2 Å². The first-order valence-electron chi connectivity index (χ1n) is 7.38. The van der Waals surface area contributed by atoms with Crippen LogP contribution in [0, 0.1) is 0 Å². The highest BCUT2D eigenvalue weighted by atomic mass is 32.2. The van der Waals surface area contributed by atoms with Gasteiger partial charge in [0.25, 0.3) is 10.2 Å². The summed E-state index contributed by atoms with van der Waals surface area (Å²) in [4.78, 5) is 11.2. The second kappa shape index (κ2) is 7.04. The van der Waals surface area contributed by atoms with Crippen molar-refractivity contribution in [2.45, 2.75) is 44.2 Å². The highest BCUT2D eigenvalue weighted by Gasteiger charge is 2.41. The zero-order chi connectivity index (χ0) is 15.5. The van der Waals surface area contributed by atoms with Crippen molar-refractivity contribution in [3.8, 4) is 0 Å². The molecule has 2 rings (SSSR count). The monoisotopic (exact) mass is 320 g/mol. The minimum Gasteiger partial charge on any atom is -0.469 e. The van der Waals surface area contributed by atoms with Gasteiger partial charge in [0.1, 0.15) is 0 Å². The van der Waals surface area contributed by atoms with Gasteiger partial charge in [0.2, 0.25) is 0 Å². The van der Waals surface area contributed by atoms with Gasteiger partial charge >= 0.3 is 5.97 Å². The largest absolute Gasteiger partial charge is 0.469 e. The summed E-state index contributed by atoms with van der Waals surface area (Å²) in [6.07, 6.45) is 3.95. The lowest BCUT2D eigenvalue weighted by Gasteiger charge is -2.43. The van der Waals surface area contributed by atoms with Gasteiger partial charge < -0.3 is 9.47 Å². The molecule has 8 heteroatoms. The maximum Gasteiger partial charge on any atom is 0.306 e. The number of ether oxygens (including phenoxy) is 2. The van der Waals surface area contributed by atoms with Crippen LogP contribution < -0.4 is 0 Å². The molecule has 0 N–H and O–H groups in total. The normalized spacial score (nSPS) is 27.4. The summed E-state index contributed by atoms with van der Waals surface area (Å²) < 4.78 is 38.4. The van der Waals surface area contributed by atoms with E-state index in [1.54, 1.807) is 4.31 Å². The summed E-state index contributed by atoms with van der Waals surface area (Å²) in [5.74, 6) is -0.408. The van der Waals surface area contributed by atoms with Crippen LogP contribution in [0.25, 0.3) is 0 Å². The molecule has 2 aliphatic rings. The minimum absolute atomic E-state index is 0.0104. The van der Waals surface area contributed by atoms with Crippen LogP contribution in [0.4, 0.5) is 0 Å². The highest BCUT2D eigenvalue weighted by Crippen LogP contribution is 2.30. The fourth-order valence-electron chi connectivity index (χ4n) is 2.99. The summed E-state index contributed by atoms with van der Waals surface area (Å²) in [5.41, 5.74) is 0. The molecule has 1 aliphatic carbocycles. The van der Waals surface area contributed by atoms with Crippen LogP contribution in [0.15, 0.2) is 0 Å². The molecule has 0 spiro atoms. The number of methoxy groups -OCH3 is 1. The Kier molecular flexibility index (Phi) is 5.59. The fourth-order valence-corrected chi connectivity index (χ4v) is 4.56. The van der Waals surface area contributed by atoms with E-state index in [1.165, 1.54) is 18.5 Å². The second-order valence-corrected chi connectivity index (χ2v) is 7.52. The van der Waals surface area contributed by atoms with E-state index in [1.807, 2.05) is 0 Å². The van der Waals surface area contributed by atoms with Gasteiger partial charge in [-0.1, -0.05) is 12.8 Å². The fraction of sp³-hybridized carbons (Fsp3) is 0.923. The van der Waals surface area contributed by atoms with Crippen molar-refractivity contribution in [1.29, 1.82) is 0 Å². The van der Waals surface area contributed by atoms with Crippen molar-refractivity contribution < 1.29 is 22.7 Å². The SMILES string of the molecule is COC(=O)CCN(C)S(=O)(=O)N1CCOC2CCCCC21. The van der Waals surface area contributed by atoms with Gasteiger partial charge in [-0.3, -0.25) is 4.79 Å². The zero-order valence-electron chi connectivity index (χ0n) is 12.7. The standard InChI is InChI=1S/C13H24N2O5S/c1-14(8-7-13(16)19-2)21(17,18)15-9-10-20-12-6-4-3-5-11(12)15/h11-12H,3-10H2,1-2H3. The van der Waals surface area contributed by atoms with Crippen LogP contribution in [0.1, 0.15) is 32.1 Å². The molecule has 0 amide bonds. The molecule has 0 radical (unpaired) electrons. The van der Waals surface area contributed by atoms with Crippen LogP contribution in [-0.2, 0) is 24.5 Å². The van der Waals surface area contributed by atoms with Gasteiger partial charge in [-0.15, -0.1) is 0 Å². The summed E-state index contributed by atoms with van der Waals surface area (Å²) >= 11 is 0. The number of nitrogens with zero attached hydrogens (tertiary/aromatic N) is 2. The summed E-state index contributed by atoms with van der Waals surface area (Å²) in [6.45, 7) is 0.945. The molecule has 21 heavy (non-hydrogen) atoms. The first-order chi connectivity index (χ1) is 9.96. The number of rotatable bonds is 5. The van der Waals surface area contributed by atoms with Crippen LogP contribution in [-0.4, -0.2) is 69.0 Å². The van der Waals surface area contributed by atoms with E-state index in [9.17, 15) is 13.2 Å².